The van der Waals surface area contributed by atoms with Crippen LogP contribution in [0.5, 0.6) is 0 Å². The van der Waals surface area contributed by atoms with Gasteiger partial charge in [0.1, 0.15) is 0 Å². The minimum Gasteiger partial charge on any atom is -0.409 e. The van der Waals surface area contributed by atoms with E-state index >= 15 is 0 Å². The summed E-state index contributed by atoms with van der Waals surface area (Å²) >= 11 is 1.69. The van der Waals surface area contributed by atoms with Crippen molar-refractivity contribution in [2.45, 2.75) is 11.4 Å². The van der Waals surface area contributed by atoms with Crippen molar-refractivity contribution < 1.29 is 5.21 Å². The average molecular weight is 287 g/mol. The summed E-state index contributed by atoms with van der Waals surface area (Å²) in [7, 11) is 0. The lowest BCUT2D eigenvalue weighted by atomic mass is 10.1. The highest BCUT2D eigenvalue weighted by Crippen LogP contribution is 2.25. The first-order valence-corrected chi connectivity index (χ1v) is 7.41. The number of nitrogens with two attached hydrogens (primary N) is 1. The Morgan fingerprint density at radius 1 is 1.20 bits per heavy atom. The molecule has 104 valence electrons. The lowest BCUT2D eigenvalue weighted by molar-refractivity contribution is 0.318. The molecule has 0 bridgehead atoms. The maximum atomic E-state index is 8.82. The maximum absolute atomic E-state index is 8.82. The van der Waals surface area contributed by atoms with Crippen molar-refractivity contribution in [3.8, 4) is 0 Å². The summed E-state index contributed by atoms with van der Waals surface area (Å²) in [5.74, 6) is 0.126. The van der Waals surface area contributed by atoms with E-state index in [1.54, 1.807) is 11.8 Å². The number of anilines is 1. The molecule has 5 heteroatoms. The fourth-order valence-electron chi connectivity index (χ4n) is 1.96. The normalized spacial score (nSPS) is 11.3. The molecule has 2 aromatic rings. The number of rotatable bonds is 5. The third kappa shape index (κ3) is 3.24. The monoisotopic (exact) mass is 287 g/mol. The zero-order valence-corrected chi connectivity index (χ0v) is 12.0. The molecule has 0 spiro atoms. The van der Waals surface area contributed by atoms with Gasteiger partial charge in [0.2, 0.25) is 0 Å². The smallest absolute Gasteiger partial charge is 0.170 e. The molecule has 0 saturated carbocycles. The van der Waals surface area contributed by atoms with Crippen molar-refractivity contribution in [3.63, 3.8) is 0 Å². The molecule has 0 heterocycles. The van der Waals surface area contributed by atoms with Gasteiger partial charge in [0.15, 0.2) is 5.84 Å². The molecule has 0 saturated heterocycles. The minimum absolute atomic E-state index is 0.126. The first-order chi connectivity index (χ1) is 9.76. The van der Waals surface area contributed by atoms with Crippen LogP contribution in [0.1, 0.15) is 11.1 Å². The molecular formula is C15H17N3OS. The number of nitrogens with one attached hydrogen (secondary N) is 1. The second kappa shape index (κ2) is 6.86. The highest BCUT2D eigenvalue weighted by atomic mass is 32.2. The quantitative estimate of drug-likeness (QED) is 0.260. The van der Waals surface area contributed by atoms with Crippen molar-refractivity contribution >= 4 is 23.3 Å². The standard InChI is InChI=1S/C15H17N3OS/c1-20-14-9-5-4-8-13(14)17-10-11-6-2-3-7-12(11)15(16)18-19/h2-9,17,19H,10H2,1H3,(H2,16,18). The van der Waals surface area contributed by atoms with Gasteiger partial charge in [0.25, 0.3) is 0 Å². The predicted octanol–water partition coefficient (Wildman–Crippen LogP) is 3.12. The van der Waals surface area contributed by atoms with Crippen molar-refractivity contribution in [2.75, 3.05) is 11.6 Å². The fraction of sp³-hybridized carbons (Fsp3) is 0.133. The van der Waals surface area contributed by atoms with Gasteiger partial charge in [-0.3, -0.25) is 0 Å². The number of para-hydroxylation sites is 1. The largest absolute Gasteiger partial charge is 0.409 e. The lowest BCUT2D eigenvalue weighted by Gasteiger charge is -2.12. The van der Waals surface area contributed by atoms with Gasteiger partial charge in [-0.15, -0.1) is 11.8 Å². The molecule has 4 nitrogen and oxygen atoms in total. The molecular weight excluding hydrogens is 270 g/mol. The van der Waals surface area contributed by atoms with Crippen LogP contribution in [0.2, 0.25) is 0 Å². The summed E-state index contributed by atoms with van der Waals surface area (Å²) in [5.41, 5.74) is 8.49. The van der Waals surface area contributed by atoms with E-state index in [0.29, 0.717) is 6.54 Å². The highest BCUT2D eigenvalue weighted by molar-refractivity contribution is 7.98. The summed E-state index contributed by atoms with van der Waals surface area (Å²) in [6, 6.07) is 15.7. The fourth-order valence-corrected chi connectivity index (χ4v) is 2.53. The molecule has 2 aromatic carbocycles. The van der Waals surface area contributed by atoms with Gasteiger partial charge < -0.3 is 16.3 Å². The van der Waals surface area contributed by atoms with E-state index in [1.165, 1.54) is 4.90 Å². The van der Waals surface area contributed by atoms with E-state index in [4.69, 9.17) is 10.9 Å². The second-order valence-corrected chi connectivity index (χ2v) is 5.04. The molecule has 0 atom stereocenters. The summed E-state index contributed by atoms with van der Waals surface area (Å²) < 4.78 is 0. The van der Waals surface area contributed by atoms with Crippen LogP contribution < -0.4 is 11.1 Å². The number of benzene rings is 2. The maximum Gasteiger partial charge on any atom is 0.170 e. The van der Waals surface area contributed by atoms with E-state index < -0.39 is 0 Å². The lowest BCUT2D eigenvalue weighted by Crippen LogP contribution is -2.16. The first-order valence-electron chi connectivity index (χ1n) is 6.19. The molecule has 0 aliphatic carbocycles. The third-order valence-corrected chi connectivity index (χ3v) is 3.77. The Morgan fingerprint density at radius 2 is 1.90 bits per heavy atom. The van der Waals surface area contributed by atoms with Gasteiger partial charge in [-0.2, -0.15) is 0 Å². The molecule has 0 aromatic heterocycles. The number of hydrogen-bond donors (Lipinski definition) is 3. The van der Waals surface area contributed by atoms with Gasteiger partial charge in [0, 0.05) is 22.7 Å². The Bertz CT molecular complexity index is 614. The van der Waals surface area contributed by atoms with E-state index in [2.05, 4.69) is 16.5 Å². The molecule has 0 aliphatic heterocycles. The molecule has 0 fully saturated rings. The van der Waals surface area contributed by atoms with Crippen LogP contribution in [0.4, 0.5) is 5.69 Å². The molecule has 4 N–H and O–H groups in total. The Hall–Kier alpha value is -2.14. The van der Waals surface area contributed by atoms with E-state index in [9.17, 15) is 0 Å². The van der Waals surface area contributed by atoms with Crippen LogP contribution in [0.15, 0.2) is 58.6 Å². The summed E-state index contributed by atoms with van der Waals surface area (Å²) in [4.78, 5) is 1.19. The third-order valence-electron chi connectivity index (χ3n) is 2.98. The van der Waals surface area contributed by atoms with Crippen LogP contribution in [-0.2, 0) is 6.54 Å². The van der Waals surface area contributed by atoms with Crippen LogP contribution in [0, 0.1) is 0 Å². The zero-order chi connectivity index (χ0) is 14.4. The Balaban J connectivity index is 2.19. The average Bonchev–Trinajstić information content (AvgIpc) is 2.52. The van der Waals surface area contributed by atoms with Gasteiger partial charge in [-0.25, -0.2) is 0 Å². The predicted molar refractivity (Wildman–Crippen MR) is 84.5 cm³/mol. The number of oxime groups is 1. The molecule has 20 heavy (non-hydrogen) atoms. The molecule has 2 rings (SSSR count). The molecule has 0 unspecified atom stereocenters. The van der Waals surface area contributed by atoms with Crippen molar-refractivity contribution in [2.24, 2.45) is 10.9 Å². The van der Waals surface area contributed by atoms with Crippen LogP contribution in [0.25, 0.3) is 0 Å². The minimum atomic E-state index is 0.126. The van der Waals surface area contributed by atoms with Crippen LogP contribution >= 0.6 is 11.8 Å². The number of thioether (sulfide) groups is 1. The second-order valence-electron chi connectivity index (χ2n) is 4.20. The van der Waals surface area contributed by atoms with Gasteiger partial charge in [0.05, 0.1) is 0 Å². The zero-order valence-electron chi connectivity index (χ0n) is 11.2. The highest BCUT2D eigenvalue weighted by Gasteiger charge is 2.07. The number of hydrogen-bond acceptors (Lipinski definition) is 4. The van der Waals surface area contributed by atoms with E-state index in [-0.39, 0.29) is 5.84 Å². The molecule has 0 radical (unpaired) electrons. The van der Waals surface area contributed by atoms with E-state index in [1.807, 2.05) is 48.7 Å². The molecule has 0 amide bonds. The summed E-state index contributed by atoms with van der Waals surface area (Å²) in [5, 5.41) is 15.3. The Morgan fingerprint density at radius 3 is 2.65 bits per heavy atom. The van der Waals surface area contributed by atoms with Gasteiger partial charge >= 0.3 is 0 Å². The SMILES string of the molecule is CSc1ccccc1NCc1ccccc1/C(N)=N/O. The topological polar surface area (TPSA) is 70.6 Å². The Kier molecular flexibility index (Phi) is 4.90. The van der Waals surface area contributed by atoms with Crippen molar-refractivity contribution in [1.82, 2.24) is 0 Å². The van der Waals surface area contributed by atoms with Crippen molar-refractivity contribution in [1.29, 1.82) is 0 Å². The van der Waals surface area contributed by atoms with Crippen LogP contribution in [0.3, 0.4) is 0 Å². The van der Waals surface area contributed by atoms with Crippen molar-refractivity contribution in [3.05, 3.63) is 59.7 Å². The molecule has 0 aliphatic rings. The first kappa shape index (κ1) is 14.3. The summed E-state index contributed by atoms with van der Waals surface area (Å²) in [6.07, 6.45) is 2.05. The Labute approximate surface area is 122 Å². The summed E-state index contributed by atoms with van der Waals surface area (Å²) in [6.45, 7) is 0.615. The van der Waals surface area contributed by atoms with Gasteiger partial charge in [-0.1, -0.05) is 41.6 Å². The van der Waals surface area contributed by atoms with Gasteiger partial charge in [-0.05, 0) is 24.0 Å². The van der Waals surface area contributed by atoms with Crippen LogP contribution in [-0.4, -0.2) is 17.3 Å². The van der Waals surface area contributed by atoms with E-state index in [0.717, 1.165) is 16.8 Å². The number of nitrogens with zero attached hydrogens (tertiary/aromatic N) is 1. The number of amidine groups is 1.